The molecule has 0 saturated carbocycles. The topological polar surface area (TPSA) is 108 Å². The zero-order chi connectivity index (χ0) is 17.7. The summed E-state index contributed by atoms with van der Waals surface area (Å²) in [4.78, 5) is 34.7. The smallest absolute Gasteiger partial charge is 0.338 e. The minimum atomic E-state index is -1.50. The number of aliphatic hydroxyl groups excluding tert-OH is 1. The Hall–Kier alpha value is -2.45. The fraction of sp³-hybridized carbons (Fsp3) is 0.438. The molecule has 0 radical (unpaired) electrons. The quantitative estimate of drug-likeness (QED) is 0.622. The summed E-state index contributed by atoms with van der Waals surface area (Å²) in [6.07, 6.45) is -5.00. The first-order valence-electron chi connectivity index (χ1n) is 7.28. The minimum absolute atomic E-state index is 0.213. The number of aliphatic hydroxyl groups is 1. The van der Waals surface area contributed by atoms with Crippen molar-refractivity contribution in [3.8, 4) is 0 Å². The van der Waals surface area contributed by atoms with Crippen LogP contribution in [-0.4, -0.2) is 54.2 Å². The molecule has 130 valence electrons. The van der Waals surface area contributed by atoms with Crippen LogP contribution in [-0.2, 0) is 28.5 Å². The van der Waals surface area contributed by atoms with Crippen molar-refractivity contribution in [3.05, 3.63) is 35.9 Å². The van der Waals surface area contributed by atoms with E-state index in [0.29, 0.717) is 5.56 Å². The lowest BCUT2D eigenvalue weighted by molar-refractivity contribution is -0.263. The van der Waals surface area contributed by atoms with E-state index in [-0.39, 0.29) is 6.61 Å². The van der Waals surface area contributed by atoms with Crippen LogP contribution in [0.25, 0.3) is 0 Å². The fourth-order valence-corrected chi connectivity index (χ4v) is 2.29. The Bertz CT molecular complexity index is 599. The third kappa shape index (κ3) is 4.53. The van der Waals surface area contributed by atoms with Crippen molar-refractivity contribution in [2.75, 3.05) is 6.61 Å². The van der Waals surface area contributed by atoms with Crippen LogP contribution in [0.1, 0.15) is 24.2 Å². The van der Waals surface area contributed by atoms with Crippen LogP contribution in [0.15, 0.2) is 30.3 Å². The van der Waals surface area contributed by atoms with Gasteiger partial charge in [0.25, 0.3) is 0 Å². The van der Waals surface area contributed by atoms with Crippen molar-refractivity contribution in [2.24, 2.45) is 0 Å². The summed E-state index contributed by atoms with van der Waals surface area (Å²) >= 11 is 0. The molecule has 1 aliphatic heterocycles. The van der Waals surface area contributed by atoms with Gasteiger partial charge in [-0.2, -0.15) is 0 Å². The first-order valence-corrected chi connectivity index (χ1v) is 7.28. The summed E-state index contributed by atoms with van der Waals surface area (Å²) in [5.41, 5.74) is 0.300. The molecule has 0 aliphatic carbocycles. The van der Waals surface area contributed by atoms with E-state index in [1.54, 1.807) is 30.3 Å². The number of benzene rings is 1. The van der Waals surface area contributed by atoms with Gasteiger partial charge in [0.15, 0.2) is 24.6 Å². The molecule has 3 unspecified atom stereocenters. The second-order valence-corrected chi connectivity index (χ2v) is 5.18. The molecule has 1 heterocycles. The number of esters is 3. The van der Waals surface area contributed by atoms with Gasteiger partial charge >= 0.3 is 17.9 Å². The van der Waals surface area contributed by atoms with Gasteiger partial charge in [-0.3, -0.25) is 9.59 Å². The fourth-order valence-electron chi connectivity index (χ4n) is 2.29. The van der Waals surface area contributed by atoms with Crippen molar-refractivity contribution >= 4 is 17.9 Å². The highest BCUT2D eigenvalue weighted by atomic mass is 16.7. The summed E-state index contributed by atoms with van der Waals surface area (Å²) in [7, 11) is 0. The molecule has 24 heavy (non-hydrogen) atoms. The number of hydrogen-bond donors (Lipinski definition) is 1. The van der Waals surface area contributed by atoms with E-state index in [1.165, 1.54) is 0 Å². The van der Waals surface area contributed by atoms with Crippen molar-refractivity contribution in [2.45, 2.75) is 38.4 Å². The van der Waals surface area contributed by atoms with E-state index in [0.717, 1.165) is 13.8 Å². The molecule has 1 aromatic rings. The molecule has 0 bridgehead atoms. The summed E-state index contributed by atoms with van der Waals surface area (Å²) in [5, 5.41) is 9.84. The maximum absolute atomic E-state index is 12.2. The third-order valence-corrected chi connectivity index (χ3v) is 3.27. The molecule has 8 heteroatoms. The molecule has 1 aromatic carbocycles. The van der Waals surface area contributed by atoms with Gasteiger partial charge in [-0.1, -0.05) is 18.2 Å². The maximum atomic E-state index is 12.2. The van der Waals surface area contributed by atoms with Crippen LogP contribution in [0.2, 0.25) is 0 Å². The zero-order valence-electron chi connectivity index (χ0n) is 13.2. The van der Waals surface area contributed by atoms with Crippen LogP contribution in [0.5, 0.6) is 0 Å². The number of ether oxygens (including phenoxy) is 4. The summed E-state index contributed by atoms with van der Waals surface area (Å²) in [6.45, 7) is 2.08. The molecule has 1 N–H and O–H groups in total. The highest BCUT2D eigenvalue weighted by Gasteiger charge is 2.46. The average molecular weight is 338 g/mol. The average Bonchev–Trinajstić information content (AvgIpc) is 2.53. The molecule has 0 aromatic heterocycles. The van der Waals surface area contributed by atoms with Crippen molar-refractivity contribution in [3.63, 3.8) is 0 Å². The first kappa shape index (κ1) is 17.9. The zero-order valence-corrected chi connectivity index (χ0v) is 13.2. The number of hydrogen-bond acceptors (Lipinski definition) is 8. The highest BCUT2D eigenvalue weighted by Crippen LogP contribution is 2.23. The Kier molecular flexibility index (Phi) is 5.88. The standard InChI is InChI=1S/C16H18O8/c1-9(17)22-13-12(8-21-16(20)14(13)23-10(2)18)24-15(19)11-6-4-3-5-7-11/h3-7,12-14,16,20H,8H2,1-2H3/t12-,13?,14?,16?/m1/s1. The second kappa shape index (κ2) is 7.89. The largest absolute Gasteiger partial charge is 0.454 e. The summed E-state index contributed by atoms with van der Waals surface area (Å²) in [5.74, 6) is -2.03. The van der Waals surface area contributed by atoms with E-state index in [1.807, 2.05) is 0 Å². The summed E-state index contributed by atoms with van der Waals surface area (Å²) in [6, 6.07) is 8.21. The third-order valence-electron chi connectivity index (χ3n) is 3.27. The van der Waals surface area contributed by atoms with Crippen LogP contribution in [0.3, 0.4) is 0 Å². The second-order valence-electron chi connectivity index (χ2n) is 5.18. The van der Waals surface area contributed by atoms with E-state index in [4.69, 9.17) is 18.9 Å². The van der Waals surface area contributed by atoms with Gasteiger partial charge in [0.2, 0.25) is 0 Å². The summed E-state index contributed by atoms with van der Waals surface area (Å²) < 4.78 is 20.4. The Labute approximate surface area is 138 Å². The Balaban J connectivity index is 2.17. The van der Waals surface area contributed by atoms with Crippen LogP contribution >= 0.6 is 0 Å². The Morgan fingerprint density at radius 1 is 1.00 bits per heavy atom. The van der Waals surface area contributed by atoms with E-state index < -0.39 is 42.5 Å². The highest BCUT2D eigenvalue weighted by molar-refractivity contribution is 5.89. The molecular formula is C16H18O8. The molecular weight excluding hydrogens is 320 g/mol. The van der Waals surface area contributed by atoms with E-state index in [9.17, 15) is 19.5 Å². The van der Waals surface area contributed by atoms with Crippen molar-refractivity contribution in [1.29, 1.82) is 0 Å². The maximum Gasteiger partial charge on any atom is 0.338 e. The lowest BCUT2D eigenvalue weighted by atomic mass is 10.0. The van der Waals surface area contributed by atoms with Crippen LogP contribution in [0, 0.1) is 0 Å². The Morgan fingerprint density at radius 3 is 2.17 bits per heavy atom. The van der Waals surface area contributed by atoms with Crippen molar-refractivity contribution < 1.29 is 38.4 Å². The van der Waals surface area contributed by atoms with Crippen LogP contribution in [0.4, 0.5) is 0 Å². The van der Waals surface area contributed by atoms with Gasteiger partial charge in [0, 0.05) is 13.8 Å². The lowest BCUT2D eigenvalue weighted by Crippen LogP contribution is -2.57. The molecule has 8 nitrogen and oxygen atoms in total. The predicted octanol–water partition coefficient (Wildman–Crippen LogP) is 0.424. The molecule has 0 amide bonds. The van der Waals surface area contributed by atoms with E-state index in [2.05, 4.69) is 0 Å². The predicted molar refractivity (Wildman–Crippen MR) is 78.7 cm³/mol. The van der Waals surface area contributed by atoms with Gasteiger partial charge in [-0.15, -0.1) is 0 Å². The minimum Gasteiger partial charge on any atom is -0.454 e. The van der Waals surface area contributed by atoms with Gasteiger partial charge in [-0.05, 0) is 12.1 Å². The van der Waals surface area contributed by atoms with Crippen molar-refractivity contribution in [1.82, 2.24) is 0 Å². The molecule has 2 rings (SSSR count). The van der Waals surface area contributed by atoms with Gasteiger partial charge in [0.05, 0.1) is 12.2 Å². The molecule has 1 aliphatic rings. The number of carbonyl (C=O) groups is 3. The molecule has 1 saturated heterocycles. The Morgan fingerprint density at radius 2 is 1.58 bits per heavy atom. The van der Waals surface area contributed by atoms with E-state index >= 15 is 0 Å². The normalized spacial score (nSPS) is 26.3. The first-order chi connectivity index (χ1) is 11.4. The lowest BCUT2D eigenvalue weighted by Gasteiger charge is -2.38. The van der Waals surface area contributed by atoms with Gasteiger partial charge in [0.1, 0.15) is 0 Å². The molecule has 4 atom stereocenters. The monoisotopic (exact) mass is 338 g/mol. The molecule has 0 spiro atoms. The SMILES string of the molecule is CC(=O)OC1C(O)OC[C@@H](OC(=O)c2ccccc2)C1OC(C)=O. The van der Waals surface area contributed by atoms with Crippen LogP contribution < -0.4 is 0 Å². The van der Waals surface area contributed by atoms with Gasteiger partial charge < -0.3 is 24.1 Å². The molecule has 1 fully saturated rings. The number of rotatable bonds is 4. The number of carbonyl (C=O) groups excluding carboxylic acids is 3. The van der Waals surface area contributed by atoms with Gasteiger partial charge in [-0.25, -0.2) is 4.79 Å².